The van der Waals surface area contributed by atoms with Crippen LogP contribution in [0.15, 0.2) is 21.1 Å². The first-order valence-electron chi connectivity index (χ1n) is 6.37. The van der Waals surface area contributed by atoms with E-state index in [4.69, 9.17) is 0 Å². The van der Waals surface area contributed by atoms with Crippen LogP contribution in [0.4, 0.5) is 0 Å². The second-order valence-electron chi connectivity index (χ2n) is 5.10. The van der Waals surface area contributed by atoms with E-state index in [0.717, 1.165) is 0 Å². The number of hydrogen-bond donors (Lipinski definition) is 4. The number of carboxylic acids is 4. The molecule has 2 unspecified atom stereocenters. The second-order valence-corrected chi connectivity index (χ2v) is 9.19. The number of benzene rings is 1. The van der Waals surface area contributed by atoms with Crippen LogP contribution in [-0.4, -0.2) is 53.0 Å². The number of carboxylic acid groups (broad SMARTS) is 4. The van der Waals surface area contributed by atoms with Gasteiger partial charge in [0.25, 0.3) is 0 Å². The lowest BCUT2D eigenvalue weighted by Gasteiger charge is -2.39. The fourth-order valence-electron chi connectivity index (χ4n) is 2.71. The summed E-state index contributed by atoms with van der Waals surface area (Å²) in [4.78, 5) is 47.8. The molecule has 1 aliphatic rings. The molecule has 0 spiro atoms. The van der Waals surface area contributed by atoms with Gasteiger partial charge in [-0.3, -0.25) is 9.59 Å². The van der Waals surface area contributed by atoms with E-state index in [1.54, 1.807) is 0 Å². The zero-order chi connectivity index (χ0) is 20.2. The molecular formula is C14H6Br4O8. The third-order valence-electron chi connectivity index (χ3n) is 3.78. The predicted molar refractivity (Wildman–Crippen MR) is 102 cm³/mol. The van der Waals surface area contributed by atoms with Crippen molar-refractivity contribution in [3.63, 3.8) is 0 Å². The predicted octanol–water partition coefficient (Wildman–Crippen LogP) is 1.13. The number of rotatable bonds is 4. The topological polar surface area (TPSA) is 149 Å². The summed E-state index contributed by atoms with van der Waals surface area (Å²) in [6.07, 6.45) is 0. The second kappa shape index (κ2) is 6.73. The molecule has 0 aliphatic heterocycles. The van der Waals surface area contributed by atoms with Crippen molar-refractivity contribution in [2.45, 2.75) is 8.65 Å². The van der Waals surface area contributed by atoms with E-state index in [1.807, 2.05) is 0 Å². The van der Waals surface area contributed by atoms with E-state index >= 15 is 0 Å². The summed E-state index contributed by atoms with van der Waals surface area (Å²) in [5, 5.41) is 38.2. The van der Waals surface area contributed by atoms with Crippen LogP contribution in [0.2, 0.25) is 0 Å². The van der Waals surface area contributed by atoms with E-state index in [0.29, 0.717) is 8.95 Å². The van der Waals surface area contributed by atoms with Gasteiger partial charge in [0.1, 0.15) is 0 Å². The van der Waals surface area contributed by atoms with Gasteiger partial charge in [-0.15, -0.1) is 0 Å². The Kier molecular flexibility index (Phi) is 5.45. The van der Waals surface area contributed by atoms with E-state index in [1.165, 1.54) is 12.1 Å². The maximum atomic E-state index is 12.0. The van der Waals surface area contributed by atoms with Crippen molar-refractivity contribution in [2.24, 2.45) is 0 Å². The molecule has 2 rings (SSSR count). The molecule has 0 aromatic heterocycles. The summed E-state index contributed by atoms with van der Waals surface area (Å²) >= 11 is 11.7. The molecule has 1 aliphatic carbocycles. The highest BCUT2D eigenvalue weighted by molar-refractivity contribution is 9.13. The van der Waals surface area contributed by atoms with Crippen LogP contribution in [0.1, 0.15) is 0 Å². The van der Waals surface area contributed by atoms with Gasteiger partial charge in [-0.2, -0.15) is 0 Å². The average Bonchev–Trinajstić information content (AvgIpc) is 2.49. The Morgan fingerprint density at radius 2 is 0.962 bits per heavy atom. The standard InChI is InChI=1S/C14H6Br4O8/c15-5-1-3-4(2-6(5)16)8(10(21)22)14(18,12(25)26)13(17,11(23)24)7(3)9(19)20/h1-2H,(H,19,20)(H,21,22)(H,23,24)(H,25,26). The van der Waals surface area contributed by atoms with Crippen molar-refractivity contribution in [1.82, 2.24) is 0 Å². The monoisotopic (exact) mass is 618 g/mol. The zero-order valence-electron chi connectivity index (χ0n) is 12.1. The van der Waals surface area contributed by atoms with E-state index in [-0.39, 0.29) is 10.4 Å². The van der Waals surface area contributed by atoms with Crippen molar-refractivity contribution in [3.05, 3.63) is 31.5 Å². The molecule has 1 aromatic rings. The van der Waals surface area contributed by atoms with Crippen LogP contribution in [0.5, 0.6) is 0 Å². The minimum atomic E-state index is -2.81. The molecule has 0 fully saturated rings. The molecule has 26 heavy (non-hydrogen) atoms. The molecule has 0 bridgehead atoms. The largest absolute Gasteiger partial charge is 0.480 e. The maximum Gasteiger partial charge on any atom is 0.334 e. The molecule has 0 amide bonds. The normalized spacial score (nSPS) is 24.8. The molecule has 4 N–H and O–H groups in total. The minimum Gasteiger partial charge on any atom is -0.480 e. The van der Waals surface area contributed by atoms with Crippen LogP contribution in [0.3, 0.4) is 0 Å². The Morgan fingerprint density at radius 3 is 1.15 bits per heavy atom. The van der Waals surface area contributed by atoms with Gasteiger partial charge in [-0.1, -0.05) is 31.9 Å². The number of carbonyl (C=O) groups is 4. The Bertz CT molecular complexity index is 936. The highest BCUT2D eigenvalue weighted by atomic mass is 79.9. The van der Waals surface area contributed by atoms with Gasteiger partial charge in [0, 0.05) is 8.95 Å². The third-order valence-corrected chi connectivity index (χ3v) is 8.82. The molecule has 1 aromatic carbocycles. The van der Waals surface area contributed by atoms with Gasteiger partial charge in [-0.25, -0.2) is 9.59 Å². The molecule has 0 saturated heterocycles. The van der Waals surface area contributed by atoms with Crippen molar-refractivity contribution in [3.8, 4) is 0 Å². The van der Waals surface area contributed by atoms with E-state index < -0.39 is 43.7 Å². The van der Waals surface area contributed by atoms with Crippen LogP contribution >= 0.6 is 63.7 Å². The van der Waals surface area contributed by atoms with Gasteiger partial charge in [0.2, 0.25) is 0 Å². The lowest BCUT2D eigenvalue weighted by molar-refractivity contribution is -0.147. The summed E-state index contributed by atoms with van der Waals surface area (Å²) in [5.74, 6) is -7.24. The SMILES string of the molecule is O=C(O)C1=c2cc(Br)c(Br)cc2=C(C(=O)O)C(Br)(C(=O)O)C1(Br)C(=O)O. The van der Waals surface area contributed by atoms with Crippen LogP contribution in [-0.2, 0) is 19.2 Å². The molecular weight excluding hydrogens is 616 g/mol. The molecule has 2 atom stereocenters. The number of alkyl halides is 2. The average molecular weight is 622 g/mol. The molecule has 0 heterocycles. The molecule has 12 heteroatoms. The Morgan fingerprint density at radius 1 is 0.692 bits per heavy atom. The summed E-state index contributed by atoms with van der Waals surface area (Å²) in [6, 6.07) is 2.42. The van der Waals surface area contributed by atoms with Gasteiger partial charge in [-0.05, 0) is 54.4 Å². The summed E-state index contributed by atoms with van der Waals surface area (Å²) < 4.78 is -4.99. The van der Waals surface area contributed by atoms with Crippen LogP contribution in [0.25, 0.3) is 11.1 Å². The van der Waals surface area contributed by atoms with Crippen molar-refractivity contribution < 1.29 is 39.6 Å². The van der Waals surface area contributed by atoms with Gasteiger partial charge in [0.15, 0.2) is 8.65 Å². The lowest BCUT2D eigenvalue weighted by atomic mass is 9.74. The summed E-state index contributed by atoms with van der Waals surface area (Å²) in [6.45, 7) is 0. The minimum absolute atomic E-state index is 0.249. The molecule has 138 valence electrons. The van der Waals surface area contributed by atoms with Gasteiger partial charge >= 0.3 is 23.9 Å². The van der Waals surface area contributed by atoms with Crippen molar-refractivity contribution in [2.75, 3.05) is 0 Å². The highest BCUT2D eigenvalue weighted by Crippen LogP contribution is 2.51. The van der Waals surface area contributed by atoms with Crippen molar-refractivity contribution >= 4 is 98.7 Å². The first-order chi connectivity index (χ1) is 11.8. The number of fused-ring (bicyclic) bond motifs is 1. The smallest absolute Gasteiger partial charge is 0.334 e. The first kappa shape index (κ1) is 21.1. The Labute approximate surface area is 177 Å². The van der Waals surface area contributed by atoms with E-state index in [2.05, 4.69) is 63.7 Å². The zero-order valence-corrected chi connectivity index (χ0v) is 18.4. The fourth-order valence-corrected chi connectivity index (χ4v) is 4.90. The van der Waals surface area contributed by atoms with E-state index in [9.17, 15) is 39.6 Å². The fraction of sp³-hybridized carbons (Fsp3) is 0.143. The molecule has 0 saturated carbocycles. The van der Waals surface area contributed by atoms with Crippen LogP contribution < -0.4 is 10.4 Å². The maximum absolute atomic E-state index is 12.0. The third kappa shape index (κ3) is 2.65. The van der Waals surface area contributed by atoms with Gasteiger partial charge in [0.05, 0.1) is 11.1 Å². The highest BCUT2D eigenvalue weighted by Gasteiger charge is 2.68. The Balaban J connectivity index is 3.40. The summed E-state index contributed by atoms with van der Waals surface area (Å²) in [7, 11) is 0. The van der Waals surface area contributed by atoms with Crippen LogP contribution in [0, 0.1) is 0 Å². The van der Waals surface area contributed by atoms with Crippen molar-refractivity contribution in [1.29, 1.82) is 0 Å². The molecule has 8 nitrogen and oxygen atoms in total. The number of aliphatic carboxylic acids is 4. The first-order valence-corrected chi connectivity index (χ1v) is 9.54. The number of hydrogen-bond acceptors (Lipinski definition) is 4. The molecule has 0 radical (unpaired) electrons. The Hall–Kier alpha value is -1.24. The lowest BCUT2D eigenvalue weighted by Crippen LogP contribution is -2.65. The number of halogens is 4. The summed E-state index contributed by atoms with van der Waals surface area (Å²) in [5.41, 5.74) is -1.67. The quantitative estimate of drug-likeness (QED) is 0.366. The van der Waals surface area contributed by atoms with Gasteiger partial charge < -0.3 is 20.4 Å².